The molecule has 0 bridgehead atoms. The molecule has 0 atom stereocenters. The number of hydrogen-bond acceptors (Lipinski definition) is 5. The van der Waals surface area contributed by atoms with E-state index in [9.17, 15) is 18.0 Å². The lowest BCUT2D eigenvalue weighted by molar-refractivity contribution is -0.138. The van der Waals surface area contributed by atoms with Crippen LogP contribution in [0.3, 0.4) is 0 Å². The number of halogens is 3. The van der Waals surface area contributed by atoms with Crippen molar-refractivity contribution in [3.8, 4) is 11.4 Å². The molecular formula is C24H19F3N4OS. The number of aromatic nitrogens is 2. The number of anilines is 1. The minimum absolute atomic E-state index is 0.303. The molecule has 9 heteroatoms. The summed E-state index contributed by atoms with van der Waals surface area (Å²) in [6, 6.07) is 14.6. The molecule has 0 aliphatic carbocycles. The van der Waals surface area contributed by atoms with Gasteiger partial charge < -0.3 is 9.80 Å². The van der Waals surface area contributed by atoms with Crippen molar-refractivity contribution in [1.82, 2.24) is 14.9 Å². The summed E-state index contributed by atoms with van der Waals surface area (Å²) < 4.78 is 40.1. The Balaban J connectivity index is 1.41. The summed E-state index contributed by atoms with van der Waals surface area (Å²) in [5.41, 5.74) is 0.538. The minimum Gasteiger partial charge on any atom is -0.352 e. The Hall–Kier alpha value is -3.46. The number of thiophene rings is 1. The van der Waals surface area contributed by atoms with Crippen LogP contribution in [-0.2, 0) is 6.18 Å². The molecule has 0 radical (unpaired) electrons. The summed E-state index contributed by atoms with van der Waals surface area (Å²) in [6.45, 7) is 1.53. The predicted octanol–water partition coefficient (Wildman–Crippen LogP) is 5.34. The maximum Gasteiger partial charge on any atom is 0.417 e. The summed E-state index contributed by atoms with van der Waals surface area (Å²) in [5.74, 6) is 0.793. The van der Waals surface area contributed by atoms with E-state index in [1.807, 2.05) is 41.1 Å². The van der Waals surface area contributed by atoms with Crippen LogP contribution in [0.5, 0.6) is 0 Å². The summed E-state index contributed by atoms with van der Waals surface area (Å²) in [6.07, 6.45) is -4.58. The van der Waals surface area contributed by atoms with Crippen LogP contribution in [0.1, 0.15) is 15.9 Å². The summed E-state index contributed by atoms with van der Waals surface area (Å²) in [7, 11) is 0. The Morgan fingerprint density at radius 2 is 1.64 bits per heavy atom. The van der Waals surface area contributed by atoms with Gasteiger partial charge in [0, 0.05) is 42.5 Å². The fourth-order valence-electron chi connectivity index (χ4n) is 4.03. The largest absolute Gasteiger partial charge is 0.417 e. The molecule has 0 N–H and O–H groups in total. The van der Waals surface area contributed by atoms with Crippen molar-refractivity contribution < 1.29 is 18.0 Å². The number of carbonyl (C=O) groups excluding carboxylic acids is 1. The Labute approximate surface area is 192 Å². The minimum atomic E-state index is -4.58. The molecule has 5 nitrogen and oxygen atoms in total. The van der Waals surface area contributed by atoms with Gasteiger partial charge in [-0.25, -0.2) is 9.97 Å². The van der Waals surface area contributed by atoms with Crippen LogP contribution in [0.2, 0.25) is 0 Å². The molecule has 2 aromatic heterocycles. The smallest absolute Gasteiger partial charge is 0.352 e. The highest BCUT2D eigenvalue weighted by atomic mass is 32.1. The van der Waals surface area contributed by atoms with Gasteiger partial charge >= 0.3 is 6.18 Å². The summed E-state index contributed by atoms with van der Waals surface area (Å²) >= 11 is 1.57. The van der Waals surface area contributed by atoms with Gasteiger partial charge in [0.1, 0.15) is 5.82 Å². The molecule has 1 amide bonds. The van der Waals surface area contributed by atoms with E-state index in [0.717, 1.165) is 28.4 Å². The third kappa shape index (κ3) is 4.16. The van der Waals surface area contributed by atoms with E-state index >= 15 is 0 Å². The fraction of sp³-hybridized carbons (Fsp3) is 0.208. The summed E-state index contributed by atoms with van der Waals surface area (Å²) in [5, 5.41) is 4.86. The van der Waals surface area contributed by atoms with Gasteiger partial charge in [0.2, 0.25) is 0 Å². The molecule has 2 aromatic carbocycles. The number of amides is 1. The Morgan fingerprint density at radius 3 is 2.36 bits per heavy atom. The highest BCUT2D eigenvalue weighted by Gasteiger charge is 2.36. The molecule has 168 valence electrons. The van der Waals surface area contributed by atoms with Gasteiger partial charge in [0.05, 0.1) is 16.6 Å². The molecule has 1 fully saturated rings. The summed E-state index contributed by atoms with van der Waals surface area (Å²) in [4.78, 5) is 26.0. The first-order chi connectivity index (χ1) is 15.9. The molecule has 1 aliphatic rings. The van der Waals surface area contributed by atoms with Gasteiger partial charge in [-0.3, -0.25) is 4.79 Å². The zero-order valence-corrected chi connectivity index (χ0v) is 18.2. The number of benzene rings is 2. The first kappa shape index (κ1) is 21.4. The molecule has 1 aliphatic heterocycles. The van der Waals surface area contributed by atoms with Gasteiger partial charge in [-0.2, -0.15) is 24.5 Å². The van der Waals surface area contributed by atoms with Crippen molar-refractivity contribution >= 4 is 34.0 Å². The molecule has 0 saturated carbocycles. The van der Waals surface area contributed by atoms with Gasteiger partial charge in [-0.05, 0) is 35.7 Å². The van der Waals surface area contributed by atoms with Crippen molar-refractivity contribution in [2.45, 2.75) is 6.18 Å². The fourth-order valence-corrected chi connectivity index (χ4v) is 4.66. The van der Waals surface area contributed by atoms with E-state index < -0.39 is 17.6 Å². The maximum atomic E-state index is 13.4. The third-order valence-electron chi connectivity index (χ3n) is 5.69. The quantitative estimate of drug-likeness (QED) is 0.407. The van der Waals surface area contributed by atoms with Crippen LogP contribution < -0.4 is 4.90 Å². The van der Waals surface area contributed by atoms with Crippen molar-refractivity contribution in [3.05, 3.63) is 76.5 Å². The van der Waals surface area contributed by atoms with E-state index in [0.29, 0.717) is 32.0 Å². The van der Waals surface area contributed by atoms with Gasteiger partial charge in [0.15, 0.2) is 5.82 Å². The Bertz CT molecular complexity index is 1300. The number of carbonyl (C=O) groups is 1. The number of fused-ring (bicyclic) bond motifs is 1. The molecule has 5 rings (SSSR count). The monoisotopic (exact) mass is 468 g/mol. The lowest BCUT2D eigenvalue weighted by Crippen LogP contribution is -2.49. The normalized spacial score (nSPS) is 14.6. The van der Waals surface area contributed by atoms with Crippen LogP contribution in [0.4, 0.5) is 19.0 Å². The van der Waals surface area contributed by atoms with E-state index in [1.165, 1.54) is 23.1 Å². The first-order valence-electron chi connectivity index (χ1n) is 10.4. The van der Waals surface area contributed by atoms with Crippen molar-refractivity contribution in [1.29, 1.82) is 0 Å². The zero-order chi connectivity index (χ0) is 23.0. The van der Waals surface area contributed by atoms with E-state index in [1.54, 1.807) is 11.3 Å². The van der Waals surface area contributed by atoms with Gasteiger partial charge in [-0.15, -0.1) is 0 Å². The number of nitrogens with zero attached hydrogens (tertiary/aromatic N) is 4. The first-order valence-corrected chi connectivity index (χ1v) is 11.4. The molecular weight excluding hydrogens is 449 g/mol. The number of hydrogen-bond donors (Lipinski definition) is 0. The lowest BCUT2D eigenvalue weighted by atomic mass is 10.1. The Kier molecular flexibility index (Phi) is 5.49. The van der Waals surface area contributed by atoms with Crippen molar-refractivity contribution in [2.24, 2.45) is 0 Å². The van der Waals surface area contributed by atoms with Crippen LogP contribution in [0.25, 0.3) is 22.3 Å². The average molecular weight is 469 g/mol. The second kappa shape index (κ2) is 8.47. The number of para-hydroxylation sites is 1. The third-order valence-corrected chi connectivity index (χ3v) is 6.38. The van der Waals surface area contributed by atoms with Gasteiger partial charge in [0.25, 0.3) is 5.91 Å². The van der Waals surface area contributed by atoms with Crippen LogP contribution in [0, 0.1) is 0 Å². The molecule has 0 spiro atoms. The Morgan fingerprint density at radius 1 is 0.909 bits per heavy atom. The number of piperazine rings is 1. The SMILES string of the molecule is O=C(c1ccccc1C(F)(F)F)N1CCN(c2nc(-c3ccsc3)nc3ccccc23)CC1. The second-order valence-electron chi connectivity index (χ2n) is 7.72. The van der Waals surface area contributed by atoms with E-state index in [-0.39, 0.29) is 5.56 Å². The van der Waals surface area contributed by atoms with Crippen LogP contribution in [0.15, 0.2) is 65.4 Å². The average Bonchev–Trinajstić information content (AvgIpc) is 3.38. The van der Waals surface area contributed by atoms with Crippen LogP contribution >= 0.6 is 11.3 Å². The molecule has 1 saturated heterocycles. The van der Waals surface area contributed by atoms with Crippen molar-refractivity contribution in [3.63, 3.8) is 0 Å². The predicted molar refractivity (Wildman–Crippen MR) is 122 cm³/mol. The van der Waals surface area contributed by atoms with E-state index in [2.05, 4.69) is 9.88 Å². The number of alkyl halides is 3. The highest BCUT2D eigenvalue weighted by molar-refractivity contribution is 7.08. The van der Waals surface area contributed by atoms with Crippen molar-refractivity contribution in [2.75, 3.05) is 31.1 Å². The second-order valence-corrected chi connectivity index (χ2v) is 8.50. The van der Waals surface area contributed by atoms with Gasteiger partial charge in [-0.1, -0.05) is 24.3 Å². The standard InChI is InChI=1S/C24H19F3N4OS/c25-24(26,27)19-7-3-1-5-17(19)23(32)31-12-10-30(11-13-31)22-18-6-2-4-8-20(18)28-21(29-22)16-9-14-33-15-16/h1-9,14-15H,10-13H2. The maximum absolute atomic E-state index is 13.4. The molecule has 3 heterocycles. The lowest BCUT2D eigenvalue weighted by Gasteiger charge is -2.36. The van der Waals surface area contributed by atoms with Crippen LogP contribution in [-0.4, -0.2) is 47.0 Å². The topological polar surface area (TPSA) is 49.3 Å². The molecule has 33 heavy (non-hydrogen) atoms. The molecule has 4 aromatic rings. The number of rotatable bonds is 3. The highest BCUT2D eigenvalue weighted by Crippen LogP contribution is 2.33. The van der Waals surface area contributed by atoms with E-state index in [4.69, 9.17) is 4.98 Å². The zero-order valence-electron chi connectivity index (χ0n) is 17.4. The molecule has 0 unspecified atom stereocenters.